The van der Waals surface area contributed by atoms with Crippen molar-refractivity contribution < 1.29 is 0 Å². The molecule has 0 aliphatic carbocycles. The van der Waals surface area contributed by atoms with Crippen molar-refractivity contribution in [2.24, 2.45) is 0 Å². The Bertz CT molecular complexity index is 2020. The van der Waals surface area contributed by atoms with Gasteiger partial charge in [0.15, 0.2) is 11.6 Å². The predicted molar refractivity (Wildman–Crippen MR) is 160 cm³/mol. The van der Waals surface area contributed by atoms with Gasteiger partial charge >= 0.3 is 0 Å². The highest BCUT2D eigenvalue weighted by Gasteiger charge is 2.20. The third kappa shape index (κ3) is 3.04. The Kier molecular flexibility index (Phi) is 4.24. The molecule has 6 nitrogen and oxygen atoms in total. The van der Waals surface area contributed by atoms with Crippen LogP contribution in [0.3, 0.4) is 0 Å². The third-order valence-electron chi connectivity index (χ3n) is 7.79. The minimum Gasteiger partial charge on any atom is -0.339 e. The van der Waals surface area contributed by atoms with Gasteiger partial charge in [0.1, 0.15) is 11.3 Å². The van der Waals surface area contributed by atoms with E-state index in [0.717, 1.165) is 77.5 Å². The second-order valence-corrected chi connectivity index (χ2v) is 10.1. The lowest BCUT2D eigenvalue weighted by Gasteiger charge is -1.97. The van der Waals surface area contributed by atoms with Gasteiger partial charge in [0.2, 0.25) is 0 Å². The molecule has 0 spiro atoms. The first-order chi connectivity index (χ1) is 19.8. The van der Waals surface area contributed by atoms with Crippen molar-refractivity contribution in [3.05, 3.63) is 109 Å². The zero-order valence-electron chi connectivity index (χ0n) is 21.2. The Morgan fingerprint density at radius 3 is 1.20 bits per heavy atom. The minimum absolute atomic E-state index is 0.687. The summed E-state index contributed by atoms with van der Waals surface area (Å²) in [6.07, 6.45) is 0. The largest absolute Gasteiger partial charge is 0.339 e. The second kappa shape index (κ2) is 7.94. The van der Waals surface area contributed by atoms with Gasteiger partial charge in [0.25, 0.3) is 0 Å². The SMILES string of the molecule is c1ccc2c(c1)-c1cc3[nH]c(nc4nc(cc5[nH]c(nc-2n1)c1ccccc51)-c1ccccc1-4)c1ccccc31. The first-order valence-electron chi connectivity index (χ1n) is 13.3. The quantitative estimate of drug-likeness (QED) is 0.215. The molecule has 5 heterocycles. The molecule has 6 heteroatoms. The van der Waals surface area contributed by atoms with E-state index in [1.54, 1.807) is 0 Å². The molecule has 4 aromatic carbocycles. The van der Waals surface area contributed by atoms with E-state index in [0.29, 0.717) is 11.6 Å². The van der Waals surface area contributed by atoms with Crippen LogP contribution in [0.1, 0.15) is 0 Å². The van der Waals surface area contributed by atoms with Crippen molar-refractivity contribution in [3.8, 4) is 45.3 Å². The number of nitrogens with one attached hydrogen (secondary N) is 2. The highest BCUT2D eigenvalue weighted by atomic mass is 15.0. The van der Waals surface area contributed by atoms with Gasteiger partial charge in [-0.2, -0.15) is 0 Å². The average Bonchev–Trinajstić information content (AvgIpc) is 3.73. The van der Waals surface area contributed by atoms with Crippen molar-refractivity contribution in [1.82, 2.24) is 29.9 Å². The van der Waals surface area contributed by atoms with Gasteiger partial charge in [0.05, 0.1) is 11.4 Å². The van der Waals surface area contributed by atoms with Crippen LogP contribution in [0.5, 0.6) is 0 Å². The van der Waals surface area contributed by atoms with Gasteiger partial charge in [-0.3, -0.25) is 0 Å². The lowest BCUT2D eigenvalue weighted by Crippen LogP contribution is -1.81. The van der Waals surface area contributed by atoms with E-state index in [9.17, 15) is 0 Å². The second-order valence-electron chi connectivity index (χ2n) is 10.1. The lowest BCUT2D eigenvalue weighted by atomic mass is 10.1. The molecule has 0 radical (unpaired) electrons. The monoisotopic (exact) mass is 512 g/mol. The van der Waals surface area contributed by atoms with Crippen molar-refractivity contribution >= 4 is 43.9 Å². The summed E-state index contributed by atoms with van der Waals surface area (Å²) in [5.41, 5.74) is 9.31. The molecule has 7 aromatic rings. The molecule has 0 fully saturated rings. The van der Waals surface area contributed by atoms with Crippen LogP contribution in [0.25, 0.3) is 89.2 Å². The molecule has 2 aliphatic heterocycles. The number of H-pyrrole nitrogens is 2. The van der Waals surface area contributed by atoms with Crippen LogP contribution < -0.4 is 0 Å². The van der Waals surface area contributed by atoms with Crippen LogP contribution in [0, 0.1) is 0 Å². The van der Waals surface area contributed by atoms with Gasteiger partial charge in [-0.05, 0) is 12.1 Å². The van der Waals surface area contributed by atoms with Gasteiger partial charge in [0, 0.05) is 54.8 Å². The Morgan fingerprint density at radius 1 is 0.375 bits per heavy atom. The molecule has 3 aromatic heterocycles. The van der Waals surface area contributed by atoms with Crippen LogP contribution in [0.2, 0.25) is 0 Å². The van der Waals surface area contributed by atoms with Gasteiger partial charge in [-0.25, -0.2) is 19.9 Å². The minimum atomic E-state index is 0.687. The summed E-state index contributed by atoms with van der Waals surface area (Å²) in [5.74, 6) is 1.37. The number of hydrogen-bond donors (Lipinski definition) is 2. The molecule has 9 rings (SSSR count). The van der Waals surface area contributed by atoms with Crippen LogP contribution in [-0.4, -0.2) is 29.9 Å². The highest BCUT2D eigenvalue weighted by Crippen LogP contribution is 2.38. The molecule has 186 valence electrons. The normalized spacial score (nSPS) is 12.0. The molecular weight excluding hydrogens is 492 g/mol. The average molecular weight is 513 g/mol. The summed E-state index contributed by atoms with van der Waals surface area (Å²) < 4.78 is 0. The lowest BCUT2D eigenvalue weighted by molar-refractivity contribution is 1.26. The summed E-state index contributed by atoms with van der Waals surface area (Å²) in [5, 5.41) is 4.24. The topological polar surface area (TPSA) is 83.1 Å². The van der Waals surface area contributed by atoms with E-state index in [1.165, 1.54) is 0 Å². The smallest absolute Gasteiger partial charge is 0.162 e. The number of aromatic amines is 2. The van der Waals surface area contributed by atoms with E-state index >= 15 is 0 Å². The maximum absolute atomic E-state index is 5.10. The molecule has 2 N–H and O–H groups in total. The van der Waals surface area contributed by atoms with Crippen LogP contribution in [0.4, 0.5) is 0 Å². The molecule has 0 saturated heterocycles. The van der Waals surface area contributed by atoms with Crippen LogP contribution in [0.15, 0.2) is 109 Å². The summed E-state index contributed by atoms with van der Waals surface area (Å²) in [4.78, 5) is 27.4. The Balaban J connectivity index is 1.51. The zero-order chi connectivity index (χ0) is 26.2. The number of fused-ring (bicyclic) bond motifs is 20. The number of rotatable bonds is 0. The van der Waals surface area contributed by atoms with E-state index in [4.69, 9.17) is 19.9 Å². The molecule has 8 bridgehead atoms. The van der Waals surface area contributed by atoms with Crippen molar-refractivity contribution in [1.29, 1.82) is 0 Å². The summed E-state index contributed by atoms with van der Waals surface area (Å²) >= 11 is 0. The van der Waals surface area contributed by atoms with Crippen molar-refractivity contribution in [2.45, 2.75) is 0 Å². The van der Waals surface area contributed by atoms with E-state index in [2.05, 4.69) is 70.6 Å². The number of aromatic nitrogens is 6. The first-order valence-corrected chi connectivity index (χ1v) is 13.3. The van der Waals surface area contributed by atoms with E-state index < -0.39 is 0 Å². The Morgan fingerprint density at radius 2 is 0.750 bits per heavy atom. The van der Waals surface area contributed by atoms with Crippen molar-refractivity contribution in [3.63, 3.8) is 0 Å². The fraction of sp³-hybridized carbons (Fsp3) is 0. The first kappa shape index (κ1) is 21.3. The van der Waals surface area contributed by atoms with Gasteiger partial charge in [-0.15, -0.1) is 0 Å². The number of hydrogen-bond acceptors (Lipinski definition) is 4. The number of benzene rings is 4. The molecule has 0 saturated carbocycles. The highest BCUT2D eigenvalue weighted by molar-refractivity contribution is 6.08. The molecular formula is C34H20N6. The van der Waals surface area contributed by atoms with E-state index in [-0.39, 0.29) is 0 Å². The Hall–Kier alpha value is -5.62. The third-order valence-corrected chi connectivity index (χ3v) is 7.79. The predicted octanol–water partition coefficient (Wildman–Crippen LogP) is 8.08. The molecule has 2 aliphatic rings. The maximum Gasteiger partial charge on any atom is 0.162 e. The summed E-state index contributed by atoms with van der Waals surface area (Å²) in [7, 11) is 0. The summed E-state index contributed by atoms with van der Waals surface area (Å²) in [6, 6.07) is 37.3. The van der Waals surface area contributed by atoms with Crippen LogP contribution in [-0.2, 0) is 0 Å². The molecule has 0 amide bonds. The fourth-order valence-electron chi connectivity index (χ4n) is 5.93. The van der Waals surface area contributed by atoms with Gasteiger partial charge in [-0.1, -0.05) is 97.1 Å². The Labute approximate surface area is 228 Å². The zero-order valence-corrected chi connectivity index (χ0v) is 21.2. The molecule has 0 atom stereocenters. The van der Waals surface area contributed by atoms with Crippen molar-refractivity contribution in [2.75, 3.05) is 0 Å². The standard InChI is InChI=1S/C34H20N6/c1-5-13-23-19(9-1)27-17-28-20-10-2-6-14-24(20)33(36-28)40-34-26-16-8-4-12-22(26)30(38-34)18-29-21-11-3-7-15-25(21)32(37-29)39-31(23)35-27/h1-18H,(H,35,37,39)(H,36,38,40). The fourth-order valence-corrected chi connectivity index (χ4v) is 5.93. The summed E-state index contributed by atoms with van der Waals surface area (Å²) in [6.45, 7) is 0. The molecule has 0 unspecified atom stereocenters. The van der Waals surface area contributed by atoms with E-state index in [1.807, 2.05) is 48.5 Å². The van der Waals surface area contributed by atoms with Crippen LogP contribution >= 0.6 is 0 Å². The van der Waals surface area contributed by atoms with Gasteiger partial charge < -0.3 is 9.97 Å². The molecule has 40 heavy (non-hydrogen) atoms. The number of nitrogens with zero attached hydrogens (tertiary/aromatic N) is 4. The maximum atomic E-state index is 5.10.